The number of azo groups is 1. The van der Waals surface area contributed by atoms with Crippen molar-refractivity contribution < 1.29 is 20.1 Å². The number of carboxylic acids is 1. The molecule has 0 radical (unpaired) electrons. The Morgan fingerprint density at radius 3 is 2.04 bits per heavy atom. The molecule has 0 unspecified atom stereocenters. The van der Waals surface area contributed by atoms with Crippen molar-refractivity contribution in [2.75, 3.05) is 5.32 Å². The third-order valence-electron chi connectivity index (χ3n) is 3.68. The summed E-state index contributed by atoms with van der Waals surface area (Å²) in [5.74, 6) is -2.53. The summed E-state index contributed by atoms with van der Waals surface area (Å²) in [7, 11) is 0. The average molecular weight is 418 g/mol. The van der Waals surface area contributed by atoms with Crippen molar-refractivity contribution in [2.45, 2.75) is 0 Å². The van der Waals surface area contributed by atoms with E-state index < -0.39 is 23.0 Å². The largest absolute Gasteiger partial charge is 0.506 e. The van der Waals surface area contributed by atoms with Crippen LogP contribution in [0.3, 0.4) is 0 Å². The lowest BCUT2D eigenvalue weighted by atomic mass is 10.1. The molecule has 3 aromatic carbocycles. The van der Waals surface area contributed by atoms with Crippen LogP contribution in [0.4, 0.5) is 22.7 Å². The first kappa shape index (κ1) is 19.5. The standard InChI is InChI=1S/C19H13Cl2N3O4/c20-10-1-5-12(6-2-10)22-14-9-15(25)17(16(18(14)26)19(27)28)24-23-13-7-3-11(21)4-8-13/h1-9,22,25-26H,(H,27,28). The summed E-state index contributed by atoms with van der Waals surface area (Å²) in [5, 5.41) is 41.7. The number of aromatic carboxylic acids is 1. The van der Waals surface area contributed by atoms with Gasteiger partial charge in [0.1, 0.15) is 17.0 Å². The first-order chi connectivity index (χ1) is 13.3. The van der Waals surface area contributed by atoms with E-state index in [1.165, 1.54) is 0 Å². The van der Waals surface area contributed by atoms with E-state index in [9.17, 15) is 20.1 Å². The number of hydrogen-bond acceptors (Lipinski definition) is 6. The molecule has 0 bridgehead atoms. The van der Waals surface area contributed by atoms with Crippen LogP contribution >= 0.6 is 23.2 Å². The molecule has 3 rings (SSSR count). The van der Waals surface area contributed by atoms with Gasteiger partial charge in [-0.25, -0.2) is 4.79 Å². The van der Waals surface area contributed by atoms with Crippen molar-refractivity contribution in [2.24, 2.45) is 10.2 Å². The van der Waals surface area contributed by atoms with Crippen LogP contribution in [-0.4, -0.2) is 21.3 Å². The lowest BCUT2D eigenvalue weighted by Crippen LogP contribution is -2.01. The van der Waals surface area contributed by atoms with Crippen LogP contribution in [0.5, 0.6) is 11.5 Å². The summed E-state index contributed by atoms with van der Waals surface area (Å²) in [5.41, 5.74) is -0.0487. The van der Waals surface area contributed by atoms with E-state index in [0.717, 1.165) is 6.07 Å². The van der Waals surface area contributed by atoms with Gasteiger partial charge in [0.25, 0.3) is 0 Å². The minimum atomic E-state index is -1.47. The van der Waals surface area contributed by atoms with Gasteiger partial charge in [-0.3, -0.25) is 0 Å². The van der Waals surface area contributed by atoms with Crippen molar-refractivity contribution in [1.29, 1.82) is 0 Å². The van der Waals surface area contributed by atoms with Crippen LogP contribution < -0.4 is 5.32 Å². The van der Waals surface area contributed by atoms with Gasteiger partial charge >= 0.3 is 5.97 Å². The first-order valence-electron chi connectivity index (χ1n) is 7.87. The summed E-state index contributed by atoms with van der Waals surface area (Å²) >= 11 is 11.6. The van der Waals surface area contributed by atoms with E-state index in [0.29, 0.717) is 21.4 Å². The Bertz CT molecular complexity index is 1050. The highest BCUT2D eigenvalue weighted by Gasteiger charge is 2.23. The van der Waals surface area contributed by atoms with E-state index >= 15 is 0 Å². The Morgan fingerprint density at radius 2 is 1.46 bits per heavy atom. The Morgan fingerprint density at radius 1 is 0.893 bits per heavy atom. The zero-order chi connectivity index (χ0) is 20.3. The molecule has 0 atom stereocenters. The molecule has 0 saturated heterocycles. The van der Waals surface area contributed by atoms with Crippen LogP contribution in [0.2, 0.25) is 10.0 Å². The van der Waals surface area contributed by atoms with E-state index in [1.807, 2.05) is 0 Å². The second-order valence-electron chi connectivity index (χ2n) is 5.63. The number of aromatic hydroxyl groups is 2. The Balaban J connectivity index is 2.01. The number of phenolic OH excluding ortho intramolecular Hbond substituents is 1. The van der Waals surface area contributed by atoms with Crippen molar-refractivity contribution in [3.05, 3.63) is 70.2 Å². The maximum atomic E-state index is 11.7. The summed E-state index contributed by atoms with van der Waals surface area (Å²) in [6, 6.07) is 14.0. The summed E-state index contributed by atoms with van der Waals surface area (Å²) in [4.78, 5) is 11.7. The van der Waals surface area contributed by atoms with Gasteiger partial charge < -0.3 is 20.6 Å². The number of benzene rings is 3. The molecule has 0 aliphatic carbocycles. The van der Waals surface area contributed by atoms with Crippen molar-refractivity contribution in [3.63, 3.8) is 0 Å². The molecular weight excluding hydrogens is 405 g/mol. The zero-order valence-corrected chi connectivity index (χ0v) is 15.6. The lowest BCUT2D eigenvalue weighted by Gasteiger charge is -2.13. The summed E-state index contributed by atoms with van der Waals surface area (Å²) in [6.45, 7) is 0. The molecule has 7 nitrogen and oxygen atoms in total. The minimum Gasteiger partial charge on any atom is -0.506 e. The van der Waals surface area contributed by atoms with E-state index in [1.54, 1.807) is 48.5 Å². The predicted octanol–water partition coefficient (Wildman–Crippen LogP) is 6.26. The number of hydrogen-bond donors (Lipinski definition) is 4. The predicted molar refractivity (Wildman–Crippen MR) is 107 cm³/mol. The van der Waals surface area contributed by atoms with Gasteiger partial charge in [0.2, 0.25) is 0 Å². The molecule has 0 heterocycles. The Hall–Kier alpha value is -3.29. The Kier molecular flexibility index (Phi) is 5.67. The van der Waals surface area contributed by atoms with Gasteiger partial charge in [0.05, 0.1) is 11.4 Å². The molecule has 3 aromatic rings. The van der Waals surface area contributed by atoms with Crippen LogP contribution in [0.1, 0.15) is 10.4 Å². The second kappa shape index (κ2) is 8.16. The molecule has 0 aliphatic rings. The first-order valence-corrected chi connectivity index (χ1v) is 8.63. The zero-order valence-electron chi connectivity index (χ0n) is 14.1. The summed E-state index contributed by atoms with van der Waals surface area (Å²) < 4.78 is 0. The van der Waals surface area contributed by atoms with Crippen LogP contribution in [0.15, 0.2) is 64.8 Å². The molecule has 9 heteroatoms. The van der Waals surface area contributed by atoms with Crippen LogP contribution in [0, 0.1) is 0 Å². The number of rotatable bonds is 5. The van der Waals surface area contributed by atoms with E-state index in [2.05, 4.69) is 15.5 Å². The quantitative estimate of drug-likeness (QED) is 0.222. The molecule has 0 aromatic heterocycles. The number of phenols is 2. The third-order valence-corrected chi connectivity index (χ3v) is 4.19. The van der Waals surface area contributed by atoms with Gasteiger partial charge in [0.15, 0.2) is 5.75 Å². The van der Waals surface area contributed by atoms with Gasteiger partial charge in [-0.2, -0.15) is 5.11 Å². The highest BCUT2D eigenvalue weighted by Crippen LogP contribution is 2.43. The summed E-state index contributed by atoms with van der Waals surface area (Å²) in [6.07, 6.45) is 0. The van der Waals surface area contributed by atoms with Gasteiger partial charge in [-0.15, -0.1) is 5.11 Å². The van der Waals surface area contributed by atoms with Crippen molar-refractivity contribution in [3.8, 4) is 11.5 Å². The number of carbonyl (C=O) groups is 1. The maximum Gasteiger partial charge on any atom is 0.342 e. The number of carboxylic acid groups (broad SMARTS) is 1. The van der Waals surface area contributed by atoms with Crippen LogP contribution in [-0.2, 0) is 0 Å². The van der Waals surface area contributed by atoms with Crippen molar-refractivity contribution >= 4 is 51.9 Å². The van der Waals surface area contributed by atoms with Gasteiger partial charge in [-0.1, -0.05) is 23.2 Å². The number of anilines is 2. The Labute approximate surface area is 169 Å². The monoisotopic (exact) mass is 417 g/mol. The molecule has 0 spiro atoms. The topological polar surface area (TPSA) is 115 Å². The molecular formula is C19H13Cl2N3O4. The van der Waals surface area contributed by atoms with Crippen molar-refractivity contribution in [1.82, 2.24) is 0 Å². The normalized spacial score (nSPS) is 10.9. The lowest BCUT2D eigenvalue weighted by molar-refractivity contribution is 0.0694. The van der Waals surface area contributed by atoms with E-state index in [4.69, 9.17) is 23.2 Å². The fourth-order valence-electron chi connectivity index (χ4n) is 2.35. The molecule has 0 amide bonds. The average Bonchev–Trinajstić information content (AvgIpc) is 2.66. The maximum absolute atomic E-state index is 11.7. The third kappa shape index (κ3) is 4.33. The molecule has 0 saturated carbocycles. The number of nitrogens with zero attached hydrogens (tertiary/aromatic N) is 2. The molecule has 142 valence electrons. The minimum absolute atomic E-state index is 0.0114. The molecule has 0 aliphatic heterocycles. The smallest absolute Gasteiger partial charge is 0.342 e. The number of nitrogens with one attached hydrogen (secondary N) is 1. The highest BCUT2D eigenvalue weighted by molar-refractivity contribution is 6.30. The molecule has 28 heavy (non-hydrogen) atoms. The molecule has 0 fully saturated rings. The highest BCUT2D eigenvalue weighted by atomic mass is 35.5. The molecule has 4 N–H and O–H groups in total. The SMILES string of the molecule is O=C(O)c1c(O)c(Nc2ccc(Cl)cc2)cc(O)c1N=Nc1ccc(Cl)cc1. The second-order valence-corrected chi connectivity index (χ2v) is 6.50. The van der Waals surface area contributed by atoms with Crippen LogP contribution in [0.25, 0.3) is 0 Å². The van der Waals surface area contributed by atoms with Gasteiger partial charge in [-0.05, 0) is 48.5 Å². The van der Waals surface area contributed by atoms with E-state index in [-0.39, 0.29) is 11.4 Å². The number of halogens is 2. The fraction of sp³-hybridized carbons (Fsp3) is 0. The fourth-order valence-corrected chi connectivity index (χ4v) is 2.60. The van der Waals surface area contributed by atoms with Gasteiger partial charge in [0, 0.05) is 21.8 Å².